The number of amides is 1. The third-order valence-corrected chi connectivity index (χ3v) is 3.71. The first-order valence-corrected chi connectivity index (χ1v) is 7.74. The molecule has 0 spiro atoms. The Bertz CT molecular complexity index is 262. The molecule has 0 aromatic rings. The second-order valence-electron chi connectivity index (χ2n) is 6.45. The van der Waals surface area contributed by atoms with Gasteiger partial charge in [0.05, 0.1) is 6.04 Å². The van der Waals surface area contributed by atoms with Crippen molar-refractivity contribution >= 4 is 5.91 Å². The summed E-state index contributed by atoms with van der Waals surface area (Å²) in [4.78, 5) is 14.3. The molecule has 1 rings (SSSR count). The second-order valence-corrected chi connectivity index (χ2v) is 6.45. The van der Waals surface area contributed by atoms with Crippen molar-refractivity contribution in [1.82, 2.24) is 10.2 Å². The molecule has 0 bridgehead atoms. The zero-order chi connectivity index (χ0) is 14.3. The number of nitrogens with two attached hydrogens (primary N) is 1. The molecule has 4 nitrogen and oxygen atoms in total. The van der Waals surface area contributed by atoms with E-state index in [0.717, 1.165) is 19.5 Å². The minimum absolute atomic E-state index is 0.000746. The number of hydrogen-bond acceptors (Lipinski definition) is 3. The highest BCUT2D eigenvalue weighted by Gasteiger charge is 2.17. The van der Waals surface area contributed by atoms with Crippen LogP contribution in [-0.4, -0.2) is 43.0 Å². The van der Waals surface area contributed by atoms with Gasteiger partial charge < -0.3 is 16.0 Å². The van der Waals surface area contributed by atoms with E-state index in [1.54, 1.807) is 0 Å². The van der Waals surface area contributed by atoms with Crippen molar-refractivity contribution in [3.05, 3.63) is 0 Å². The molecule has 4 heteroatoms. The van der Waals surface area contributed by atoms with E-state index in [-0.39, 0.29) is 11.9 Å². The highest BCUT2D eigenvalue weighted by molar-refractivity contribution is 5.81. The number of nitrogens with one attached hydrogen (secondary N) is 1. The van der Waals surface area contributed by atoms with Crippen LogP contribution in [0.5, 0.6) is 0 Å². The zero-order valence-electron chi connectivity index (χ0n) is 12.8. The van der Waals surface area contributed by atoms with Gasteiger partial charge in [0.25, 0.3) is 0 Å². The lowest BCUT2D eigenvalue weighted by Gasteiger charge is -2.29. The van der Waals surface area contributed by atoms with E-state index in [1.165, 1.54) is 32.4 Å². The molecular weight excluding hydrogens is 238 g/mol. The second kappa shape index (κ2) is 8.54. The molecule has 0 radical (unpaired) electrons. The van der Waals surface area contributed by atoms with E-state index >= 15 is 0 Å². The summed E-state index contributed by atoms with van der Waals surface area (Å²) in [5.41, 5.74) is 5.87. The van der Waals surface area contributed by atoms with Gasteiger partial charge in [0.15, 0.2) is 0 Å². The Labute approximate surface area is 118 Å². The third-order valence-electron chi connectivity index (χ3n) is 3.71. The van der Waals surface area contributed by atoms with Crippen molar-refractivity contribution in [3.8, 4) is 0 Å². The van der Waals surface area contributed by atoms with Crippen LogP contribution in [0.15, 0.2) is 0 Å². The molecule has 0 aliphatic carbocycles. The van der Waals surface area contributed by atoms with Crippen LogP contribution in [0.3, 0.4) is 0 Å². The van der Waals surface area contributed by atoms with Crippen LogP contribution < -0.4 is 11.1 Å². The highest BCUT2D eigenvalue weighted by atomic mass is 16.2. The van der Waals surface area contributed by atoms with Crippen molar-refractivity contribution in [2.24, 2.45) is 17.6 Å². The molecule has 112 valence electrons. The summed E-state index contributed by atoms with van der Waals surface area (Å²) in [6.07, 6.45) is 4.76. The van der Waals surface area contributed by atoms with Crippen molar-refractivity contribution in [2.75, 3.05) is 26.2 Å². The Balaban J connectivity index is 2.17. The summed E-state index contributed by atoms with van der Waals surface area (Å²) in [6.45, 7) is 10.6. The third kappa shape index (κ3) is 6.92. The molecule has 19 heavy (non-hydrogen) atoms. The topological polar surface area (TPSA) is 58.4 Å². The maximum Gasteiger partial charge on any atom is 0.236 e. The maximum atomic E-state index is 11.8. The van der Waals surface area contributed by atoms with Gasteiger partial charge in [-0.25, -0.2) is 0 Å². The Kier molecular flexibility index (Phi) is 7.39. The molecule has 1 amide bonds. The lowest BCUT2D eigenvalue weighted by molar-refractivity contribution is -0.122. The van der Waals surface area contributed by atoms with Crippen LogP contribution in [0.25, 0.3) is 0 Å². The minimum Gasteiger partial charge on any atom is -0.354 e. The minimum atomic E-state index is -0.359. The summed E-state index contributed by atoms with van der Waals surface area (Å²) in [6, 6.07) is -0.359. The zero-order valence-corrected chi connectivity index (χ0v) is 12.8. The first-order valence-electron chi connectivity index (χ1n) is 7.74. The number of carbonyl (C=O) groups excluding carboxylic acids is 1. The van der Waals surface area contributed by atoms with E-state index in [1.807, 2.05) is 0 Å². The molecule has 1 saturated heterocycles. The SMILES string of the molecule is CC(C)C[C@H](N)C(=O)NCC(C)CN1CCCCC1. The van der Waals surface area contributed by atoms with Gasteiger partial charge in [-0.15, -0.1) is 0 Å². The van der Waals surface area contributed by atoms with Gasteiger partial charge in [-0.2, -0.15) is 0 Å². The van der Waals surface area contributed by atoms with Gasteiger partial charge in [0.1, 0.15) is 0 Å². The number of piperidine rings is 1. The van der Waals surface area contributed by atoms with Gasteiger partial charge in [-0.3, -0.25) is 4.79 Å². The van der Waals surface area contributed by atoms with Crippen molar-refractivity contribution in [1.29, 1.82) is 0 Å². The van der Waals surface area contributed by atoms with Gasteiger partial charge >= 0.3 is 0 Å². The number of rotatable bonds is 7. The van der Waals surface area contributed by atoms with Gasteiger partial charge in [0.2, 0.25) is 5.91 Å². The van der Waals surface area contributed by atoms with E-state index in [0.29, 0.717) is 11.8 Å². The number of carbonyl (C=O) groups is 1. The Morgan fingerprint density at radius 1 is 1.21 bits per heavy atom. The largest absolute Gasteiger partial charge is 0.354 e. The van der Waals surface area contributed by atoms with Crippen molar-refractivity contribution in [2.45, 2.75) is 52.5 Å². The fourth-order valence-corrected chi connectivity index (χ4v) is 2.67. The van der Waals surface area contributed by atoms with Gasteiger partial charge in [-0.05, 0) is 44.2 Å². The van der Waals surface area contributed by atoms with Crippen LogP contribution in [0.1, 0.15) is 46.5 Å². The molecule has 2 atom stereocenters. The van der Waals surface area contributed by atoms with Crippen LogP contribution in [0, 0.1) is 11.8 Å². The maximum absolute atomic E-state index is 11.8. The van der Waals surface area contributed by atoms with Gasteiger partial charge in [-0.1, -0.05) is 27.2 Å². The highest BCUT2D eigenvalue weighted by Crippen LogP contribution is 2.10. The fraction of sp³-hybridized carbons (Fsp3) is 0.933. The fourth-order valence-electron chi connectivity index (χ4n) is 2.67. The molecule has 3 N–H and O–H groups in total. The molecule has 1 heterocycles. The lowest BCUT2D eigenvalue weighted by atomic mass is 10.0. The molecule has 1 fully saturated rings. The number of nitrogens with zero attached hydrogens (tertiary/aromatic N) is 1. The van der Waals surface area contributed by atoms with E-state index in [9.17, 15) is 4.79 Å². The number of likely N-dealkylation sites (tertiary alicyclic amines) is 1. The molecule has 1 aliphatic heterocycles. The summed E-state index contributed by atoms with van der Waals surface area (Å²) in [5, 5.41) is 2.99. The van der Waals surface area contributed by atoms with E-state index < -0.39 is 0 Å². The molecule has 0 saturated carbocycles. The first-order chi connectivity index (χ1) is 8.99. The Hall–Kier alpha value is -0.610. The van der Waals surface area contributed by atoms with Crippen LogP contribution in [-0.2, 0) is 4.79 Å². The normalized spacial score (nSPS) is 20.3. The predicted octanol–water partition coefficient (Wildman–Crippen LogP) is 1.60. The standard InChI is InChI=1S/C15H31N3O/c1-12(2)9-14(16)15(19)17-10-13(3)11-18-7-5-4-6-8-18/h12-14H,4-11,16H2,1-3H3,(H,17,19)/t13?,14-/m0/s1. The molecule has 1 unspecified atom stereocenters. The summed E-state index contributed by atoms with van der Waals surface area (Å²) in [5.74, 6) is 0.957. The average Bonchev–Trinajstić information content (AvgIpc) is 2.36. The summed E-state index contributed by atoms with van der Waals surface area (Å²) < 4.78 is 0. The lowest BCUT2D eigenvalue weighted by Crippen LogP contribution is -2.44. The summed E-state index contributed by atoms with van der Waals surface area (Å²) in [7, 11) is 0. The van der Waals surface area contributed by atoms with Crippen LogP contribution in [0.4, 0.5) is 0 Å². The first kappa shape index (κ1) is 16.4. The van der Waals surface area contributed by atoms with E-state index in [4.69, 9.17) is 5.73 Å². The summed E-state index contributed by atoms with van der Waals surface area (Å²) >= 11 is 0. The van der Waals surface area contributed by atoms with Crippen LogP contribution >= 0.6 is 0 Å². The van der Waals surface area contributed by atoms with Gasteiger partial charge in [0, 0.05) is 13.1 Å². The molecule has 0 aromatic heterocycles. The number of hydrogen-bond donors (Lipinski definition) is 2. The molecular formula is C15H31N3O. The van der Waals surface area contributed by atoms with Crippen molar-refractivity contribution in [3.63, 3.8) is 0 Å². The molecule has 1 aliphatic rings. The average molecular weight is 269 g/mol. The molecule has 0 aromatic carbocycles. The predicted molar refractivity (Wildman–Crippen MR) is 79.9 cm³/mol. The van der Waals surface area contributed by atoms with Crippen LogP contribution in [0.2, 0.25) is 0 Å². The quantitative estimate of drug-likeness (QED) is 0.738. The van der Waals surface area contributed by atoms with Crippen molar-refractivity contribution < 1.29 is 4.79 Å². The Morgan fingerprint density at radius 3 is 2.42 bits per heavy atom. The monoisotopic (exact) mass is 269 g/mol. The van der Waals surface area contributed by atoms with E-state index in [2.05, 4.69) is 31.0 Å². The Morgan fingerprint density at radius 2 is 1.84 bits per heavy atom. The smallest absolute Gasteiger partial charge is 0.236 e.